The molecule has 1 saturated heterocycles. The highest BCUT2D eigenvalue weighted by molar-refractivity contribution is 5.47. The number of alkyl halides is 5. The van der Waals surface area contributed by atoms with Crippen molar-refractivity contribution < 1.29 is 27.1 Å². The minimum absolute atomic E-state index is 0.0406. The van der Waals surface area contributed by atoms with Crippen LogP contribution in [0.2, 0.25) is 0 Å². The molecule has 1 aromatic heterocycles. The third-order valence-corrected chi connectivity index (χ3v) is 5.64. The number of aromatic hydroxyl groups is 1. The van der Waals surface area contributed by atoms with E-state index < -0.39 is 30.1 Å². The Labute approximate surface area is 176 Å². The van der Waals surface area contributed by atoms with Gasteiger partial charge in [0.15, 0.2) is 0 Å². The van der Waals surface area contributed by atoms with Crippen LogP contribution in [0.4, 0.5) is 27.6 Å². The Morgan fingerprint density at radius 3 is 2.26 bits per heavy atom. The molecule has 0 spiro atoms. The smallest absolute Gasteiger partial charge is 0.416 e. The van der Waals surface area contributed by atoms with Crippen LogP contribution < -0.4 is 4.90 Å². The van der Waals surface area contributed by atoms with Crippen LogP contribution in [0.3, 0.4) is 0 Å². The van der Waals surface area contributed by atoms with Crippen LogP contribution in [0.5, 0.6) is 5.75 Å². The van der Waals surface area contributed by atoms with Crippen LogP contribution in [-0.4, -0.2) is 28.7 Å². The molecule has 1 aliphatic heterocycles. The molecule has 0 saturated carbocycles. The predicted molar refractivity (Wildman–Crippen MR) is 108 cm³/mol. The maximum atomic E-state index is 14.9. The van der Waals surface area contributed by atoms with Gasteiger partial charge in [-0.25, -0.2) is 8.78 Å². The summed E-state index contributed by atoms with van der Waals surface area (Å²) in [5, 5.41) is 9.39. The molecule has 164 valence electrons. The van der Waals surface area contributed by atoms with Gasteiger partial charge in [-0.05, 0) is 47.9 Å². The van der Waals surface area contributed by atoms with Gasteiger partial charge in [-0.1, -0.05) is 24.3 Å². The summed E-state index contributed by atoms with van der Waals surface area (Å²) in [5.41, 5.74) is 1.13. The predicted octanol–water partition coefficient (Wildman–Crippen LogP) is 5.89. The topological polar surface area (TPSA) is 28.4 Å². The van der Waals surface area contributed by atoms with E-state index in [1.54, 1.807) is 27.9 Å². The minimum Gasteiger partial charge on any atom is -0.508 e. The van der Waals surface area contributed by atoms with Crippen molar-refractivity contribution in [3.8, 4) is 5.75 Å². The number of hydrogen-bond donors (Lipinski definition) is 1. The Kier molecular flexibility index (Phi) is 5.41. The Hall–Kier alpha value is -3.03. The molecule has 1 fully saturated rings. The fourth-order valence-corrected chi connectivity index (χ4v) is 4.00. The molecule has 1 atom stereocenters. The first-order valence-electron chi connectivity index (χ1n) is 9.85. The fourth-order valence-electron chi connectivity index (χ4n) is 4.00. The molecule has 1 N–H and O–H groups in total. The second-order valence-corrected chi connectivity index (χ2v) is 7.85. The first-order valence-corrected chi connectivity index (χ1v) is 9.85. The largest absolute Gasteiger partial charge is 0.508 e. The normalized spacial score (nSPS) is 18.9. The first kappa shape index (κ1) is 21.2. The van der Waals surface area contributed by atoms with Crippen LogP contribution in [0.15, 0.2) is 67.0 Å². The summed E-state index contributed by atoms with van der Waals surface area (Å²) in [5.74, 6) is -3.82. The van der Waals surface area contributed by atoms with E-state index in [1.165, 1.54) is 36.4 Å². The number of phenols is 1. The van der Waals surface area contributed by atoms with Crippen molar-refractivity contribution in [2.75, 3.05) is 18.0 Å². The van der Waals surface area contributed by atoms with E-state index in [1.807, 2.05) is 0 Å². The van der Waals surface area contributed by atoms with Gasteiger partial charge in [0.2, 0.25) is 0 Å². The molecule has 2 heterocycles. The lowest BCUT2D eigenvalue weighted by atomic mass is 9.86. The van der Waals surface area contributed by atoms with Crippen molar-refractivity contribution in [1.82, 2.24) is 4.57 Å². The number of rotatable bonds is 4. The number of nitrogens with zero attached hydrogens (tertiary/aromatic N) is 2. The summed E-state index contributed by atoms with van der Waals surface area (Å²) in [6, 6.07) is 12.5. The van der Waals surface area contributed by atoms with Crippen LogP contribution >= 0.6 is 0 Å². The number of aromatic nitrogens is 1. The zero-order chi connectivity index (χ0) is 22.2. The van der Waals surface area contributed by atoms with Gasteiger partial charge in [0.05, 0.1) is 23.7 Å². The van der Waals surface area contributed by atoms with Crippen molar-refractivity contribution in [3.63, 3.8) is 0 Å². The van der Waals surface area contributed by atoms with Crippen molar-refractivity contribution in [1.29, 1.82) is 0 Å². The zero-order valence-electron chi connectivity index (χ0n) is 16.5. The molecule has 0 amide bonds. The lowest BCUT2D eigenvalue weighted by Crippen LogP contribution is -2.47. The Balaban J connectivity index is 1.43. The molecule has 0 aliphatic carbocycles. The first-order chi connectivity index (χ1) is 14.6. The summed E-state index contributed by atoms with van der Waals surface area (Å²) in [6.07, 6.45) is -0.648. The maximum absolute atomic E-state index is 14.9. The number of phenolic OH excluding ortho intramolecular Hbond substituents is 1. The van der Waals surface area contributed by atoms with Gasteiger partial charge in [-0.3, -0.25) is 0 Å². The van der Waals surface area contributed by atoms with Crippen molar-refractivity contribution in [3.05, 3.63) is 83.7 Å². The molecule has 3 nitrogen and oxygen atoms in total. The van der Waals surface area contributed by atoms with Crippen molar-refractivity contribution >= 4 is 5.69 Å². The van der Waals surface area contributed by atoms with Crippen LogP contribution in [-0.2, 0) is 12.7 Å². The van der Waals surface area contributed by atoms with E-state index in [-0.39, 0.29) is 12.2 Å². The molecule has 0 radical (unpaired) electrons. The molecule has 2 aromatic carbocycles. The molecule has 4 rings (SSSR count). The summed E-state index contributed by atoms with van der Waals surface area (Å²) >= 11 is 0. The maximum Gasteiger partial charge on any atom is 0.416 e. The van der Waals surface area contributed by atoms with E-state index in [4.69, 9.17) is 0 Å². The van der Waals surface area contributed by atoms with E-state index in [2.05, 4.69) is 0 Å². The summed E-state index contributed by atoms with van der Waals surface area (Å²) < 4.78 is 69.6. The average molecular weight is 436 g/mol. The minimum atomic E-state index is -4.38. The second kappa shape index (κ2) is 7.90. The molecule has 1 unspecified atom stereocenters. The van der Waals surface area contributed by atoms with Gasteiger partial charge < -0.3 is 14.6 Å². The Morgan fingerprint density at radius 1 is 0.968 bits per heavy atom. The van der Waals surface area contributed by atoms with Gasteiger partial charge in [0.25, 0.3) is 5.92 Å². The number of halogens is 5. The molecular formula is C23H21F5N2O. The van der Waals surface area contributed by atoms with Gasteiger partial charge in [-0.15, -0.1) is 0 Å². The van der Waals surface area contributed by atoms with Crippen molar-refractivity contribution in [2.24, 2.45) is 0 Å². The summed E-state index contributed by atoms with van der Waals surface area (Å²) in [7, 11) is 0. The monoisotopic (exact) mass is 436 g/mol. The van der Waals surface area contributed by atoms with E-state index in [9.17, 15) is 27.1 Å². The SMILES string of the molecule is Oc1ccc(C2CCN(c3ccn(Cc4ccc(C(F)(F)F)cc4)c3)CC2(F)F)cc1. The summed E-state index contributed by atoms with van der Waals surface area (Å²) in [4.78, 5) is 1.63. The van der Waals surface area contributed by atoms with Gasteiger partial charge in [0.1, 0.15) is 5.75 Å². The standard InChI is InChI=1S/C23H21F5N2O/c24-22(25)15-30(12-10-21(22)17-3-7-20(31)8-4-17)19-9-11-29(14-19)13-16-1-5-18(6-2-16)23(26,27)28/h1-9,11,14,21,31H,10,12-13,15H2. The lowest BCUT2D eigenvalue weighted by molar-refractivity contribution is -0.137. The van der Waals surface area contributed by atoms with Gasteiger partial charge >= 0.3 is 6.18 Å². The average Bonchev–Trinajstić information content (AvgIpc) is 3.16. The van der Waals surface area contributed by atoms with Crippen LogP contribution in [0.25, 0.3) is 0 Å². The molecule has 1 aliphatic rings. The van der Waals surface area contributed by atoms with Gasteiger partial charge in [0, 0.05) is 25.5 Å². The fraction of sp³-hybridized carbons (Fsp3) is 0.304. The molecule has 0 bridgehead atoms. The Bertz CT molecular complexity index is 1030. The second-order valence-electron chi connectivity index (χ2n) is 7.85. The third-order valence-electron chi connectivity index (χ3n) is 5.64. The quantitative estimate of drug-likeness (QED) is 0.517. The highest BCUT2D eigenvalue weighted by Gasteiger charge is 2.45. The van der Waals surface area contributed by atoms with E-state index in [0.29, 0.717) is 29.9 Å². The number of benzene rings is 2. The van der Waals surface area contributed by atoms with Crippen molar-refractivity contribution in [2.45, 2.75) is 31.0 Å². The molecule has 31 heavy (non-hydrogen) atoms. The highest BCUT2D eigenvalue weighted by atomic mass is 19.4. The molecule has 3 aromatic rings. The molecular weight excluding hydrogens is 415 g/mol. The summed E-state index contributed by atoms with van der Waals surface area (Å²) in [6.45, 7) is 0.368. The zero-order valence-corrected chi connectivity index (χ0v) is 16.5. The molecule has 8 heteroatoms. The third kappa shape index (κ3) is 4.68. The van der Waals surface area contributed by atoms with E-state index in [0.717, 1.165) is 12.1 Å². The van der Waals surface area contributed by atoms with Crippen LogP contribution in [0.1, 0.15) is 29.0 Å². The number of anilines is 1. The lowest BCUT2D eigenvalue weighted by Gasteiger charge is -2.39. The van der Waals surface area contributed by atoms with Crippen LogP contribution in [0, 0.1) is 0 Å². The number of piperidine rings is 1. The van der Waals surface area contributed by atoms with E-state index >= 15 is 0 Å². The highest BCUT2D eigenvalue weighted by Crippen LogP contribution is 2.42. The Morgan fingerprint density at radius 2 is 1.65 bits per heavy atom. The van der Waals surface area contributed by atoms with Gasteiger partial charge in [-0.2, -0.15) is 13.2 Å². The number of hydrogen-bond acceptors (Lipinski definition) is 2.